The molecule has 2 unspecified atom stereocenters. The van der Waals surface area contributed by atoms with Crippen LogP contribution in [0.15, 0.2) is 24.3 Å². The average Bonchev–Trinajstić information content (AvgIpc) is 3.12. The van der Waals surface area contributed by atoms with Crippen LogP contribution in [0.1, 0.15) is 30.9 Å². The molecule has 2 fully saturated rings. The van der Waals surface area contributed by atoms with E-state index in [0.717, 1.165) is 24.2 Å². The van der Waals surface area contributed by atoms with Crippen LogP contribution in [0, 0.1) is 0 Å². The number of hydrogen-bond acceptors (Lipinski definition) is 3. The molecule has 0 amide bonds. The van der Waals surface area contributed by atoms with Crippen LogP contribution in [0.3, 0.4) is 0 Å². The van der Waals surface area contributed by atoms with Crippen molar-refractivity contribution in [3.8, 4) is 0 Å². The molecule has 1 aromatic carbocycles. The number of hydrogen-bond donors (Lipinski definition) is 1. The van der Waals surface area contributed by atoms with Crippen molar-refractivity contribution >= 4 is 11.6 Å². The van der Waals surface area contributed by atoms with Crippen LogP contribution in [0.2, 0.25) is 5.02 Å². The summed E-state index contributed by atoms with van der Waals surface area (Å²) in [7, 11) is 0. The Balaban J connectivity index is 1.66. The molecule has 1 aromatic rings. The van der Waals surface area contributed by atoms with Crippen LogP contribution in [-0.2, 0) is 0 Å². The van der Waals surface area contributed by atoms with E-state index in [1.165, 1.54) is 37.9 Å². The first-order valence-electron chi connectivity index (χ1n) is 7.71. The SMILES string of the molecule is NCC(c1ccc(Cl)cc1)N1CCC(N2CCCC2)C1. The zero-order chi connectivity index (χ0) is 13.9. The Morgan fingerprint density at radius 2 is 1.85 bits per heavy atom. The summed E-state index contributed by atoms with van der Waals surface area (Å²) in [6.45, 7) is 5.56. The average molecular weight is 294 g/mol. The van der Waals surface area contributed by atoms with Crippen molar-refractivity contribution in [2.45, 2.75) is 31.3 Å². The highest BCUT2D eigenvalue weighted by molar-refractivity contribution is 6.30. The van der Waals surface area contributed by atoms with Gasteiger partial charge in [0.1, 0.15) is 0 Å². The van der Waals surface area contributed by atoms with E-state index in [-0.39, 0.29) is 0 Å². The molecule has 0 saturated carbocycles. The summed E-state index contributed by atoms with van der Waals surface area (Å²) >= 11 is 5.98. The second-order valence-electron chi connectivity index (χ2n) is 5.98. The molecule has 110 valence electrons. The molecule has 2 aliphatic heterocycles. The maximum Gasteiger partial charge on any atom is 0.0471 e. The summed E-state index contributed by atoms with van der Waals surface area (Å²) in [6.07, 6.45) is 4.02. The van der Waals surface area contributed by atoms with Crippen LogP contribution in [0.4, 0.5) is 0 Å². The van der Waals surface area contributed by atoms with Crippen LogP contribution in [-0.4, -0.2) is 48.6 Å². The maximum absolute atomic E-state index is 6.03. The first-order valence-corrected chi connectivity index (χ1v) is 8.09. The molecule has 4 heteroatoms. The predicted octanol–water partition coefficient (Wildman–Crippen LogP) is 2.51. The summed E-state index contributed by atoms with van der Waals surface area (Å²) in [5, 5.41) is 0.792. The molecule has 2 saturated heterocycles. The number of nitrogens with zero attached hydrogens (tertiary/aromatic N) is 2. The van der Waals surface area contributed by atoms with Gasteiger partial charge in [0.2, 0.25) is 0 Å². The Kier molecular flexibility index (Phi) is 4.61. The topological polar surface area (TPSA) is 32.5 Å². The Morgan fingerprint density at radius 3 is 2.50 bits per heavy atom. The molecule has 0 radical (unpaired) electrons. The predicted molar refractivity (Wildman–Crippen MR) is 84.0 cm³/mol. The van der Waals surface area contributed by atoms with E-state index in [1.54, 1.807) is 0 Å². The molecule has 0 aromatic heterocycles. The van der Waals surface area contributed by atoms with Gasteiger partial charge in [-0.2, -0.15) is 0 Å². The number of benzene rings is 1. The van der Waals surface area contributed by atoms with E-state index < -0.39 is 0 Å². The van der Waals surface area contributed by atoms with Crippen molar-refractivity contribution in [2.75, 3.05) is 32.7 Å². The van der Waals surface area contributed by atoms with E-state index >= 15 is 0 Å². The Hall–Kier alpha value is -0.610. The fraction of sp³-hybridized carbons (Fsp3) is 0.625. The largest absolute Gasteiger partial charge is 0.329 e. The molecule has 2 atom stereocenters. The fourth-order valence-electron chi connectivity index (χ4n) is 3.64. The van der Waals surface area contributed by atoms with Crippen LogP contribution < -0.4 is 5.73 Å². The van der Waals surface area contributed by atoms with Crippen molar-refractivity contribution in [1.82, 2.24) is 9.80 Å². The lowest BCUT2D eigenvalue weighted by Gasteiger charge is -2.29. The second-order valence-corrected chi connectivity index (χ2v) is 6.42. The van der Waals surface area contributed by atoms with Gasteiger partial charge in [-0.1, -0.05) is 23.7 Å². The van der Waals surface area contributed by atoms with E-state index in [9.17, 15) is 0 Å². The molecule has 20 heavy (non-hydrogen) atoms. The number of rotatable bonds is 4. The van der Waals surface area contributed by atoms with Gasteiger partial charge in [-0.25, -0.2) is 0 Å². The van der Waals surface area contributed by atoms with E-state index in [2.05, 4.69) is 21.9 Å². The lowest BCUT2D eigenvalue weighted by Crippen LogP contribution is -2.38. The van der Waals surface area contributed by atoms with Gasteiger partial charge in [-0.3, -0.25) is 9.80 Å². The van der Waals surface area contributed by atoms with Gasteiger partial charge >= 0.3 is 0 Å². The number of likely N-dealkylation sites (tertiary alicyclic amines) is 2. The highest BCUT2D eigenvalue weighted by Crippen LogP contribution is 2.28. The number of nitrogens with two attached hydrogens (primary N) is 1. The summed E-state index contributed by atoms with van der Waals surface area (Å²) in [5.74, 6) is 0. The zero-order valence-electron chi connectivity index (χ0n) is 12.0. The van der Waals surface area contributed by atoms with Crippen molar-refractivity contribution in [3.63, 3.8) is 0 Å². The van der Waals surface area contributed by atoms with E-state index in [0.29, 0.717) is 12.6 Å². The highest BCUT2D eigenvalue weighted by Gasteiger charge is 2.32. The lowest BCUT2D eigenvalue weighted by molar-refractivity contribution is 0.203. The Morgan fingerprint density at radius 1 is 1.15 bits per heavy atom. The molecule has 2 heterocycles. The van der Waals surface area contributed by atoms with Crippen molar-refractivity contribution in [3.05, 3.63) is 34.9 Å². The molecule has 0 bridgehead atoms. The molecule has 0 aliphatic carbocycles. The summed E-state index contributed by atoms with van der Waals surface area (Å²) in [6, 6.07) is 9.23. The third-order valence-corrected chi connectivity index (χ3v) is 5.02. The summed E-state index contributed by atoms with van der Waals surface area (Å²) < 4.78 is 0. The molecule has 3 nitrogen and oxygen atoms in total. The first kappa shape index (κ1) is 14.3. The van der Waals surface area contributed by atoms with Gasteiger partial charge < -0.3 is 5.73 Å². The number of halogens is 1. The molecular formula is C16H24ClN3. The second kappa shape index (κ2) is 6.44. The Bertz CT molecular complexity index is 428. The normalized spacial score (nSPS) is 26.2. The third kappa shape index (κ3) is 3.01. The maximum atomic E-state index is 6.03. The molecule has 0 spiro atoms. The Labute approximate surface area is 126 Å². The zero-order valence-corrected chi connectivity index (χ0v) is 12.7. The molecule has 2 aliphatic rings. The molecule has 3 rings (SSSR count). The molecule has 2 N–H and O–H groups in total. The summed E-state index contributed by atoms with van der Waals surface area (Å²) in [5.41, 5.74) is 7.32. The van der Waals surface area contributed by atoms with Crippen molar-refractivity contribution in [2.24, 2.45) is 5.73 Å². The minimum atomic E-state index is 0.333. The molecular weight excluding hydrogens is 270 g/mol. The third-order valence-electron chi connectivity index (χ3n) is 4.77. The van der Waals surface area contributed by atoms with Gasteiger partial charge in [0.05, 0.1) is 0 Å². The minimum absolute atomic E-state index is 0.333. The van der Waals surface area contributed by atoms with Crippen molar-refractivity contribution < 1.29 is 0 Å². The smallest absolute Gasteiger partial charge is 0.0471 e. The van der Waals surface area contributed by atoms with Gasteiger partial charge in [-0.15, -0.1) is 0 Å². The van der Waals surface area contributed by atoms with Gasteiger partial charge in [-0.05, 0) is 50.0 Å². The van der Waals surface area contributed by atoms with Crippen LogP contribution in [0.5, 0.6) is 0 Å². The highest BCUT2D eigenvalue weighted by atomic mass is 35.5. The standard InChI is InChI=1S/C16H24ClN3/c17-14-5-3-13(4-6-14)16(11-18)20-10-7-15(12-20)19-8-1-2-9-19/h3-6,15-16H,1-2,7-12,18H2. The van der Waals surface area contributed by atoms with Crippen molar-refractivity contribution in [1.29, 1.82) is 0 Å². The summed E-state index contributed by atoms with van der Waals surface area (Å²) in [4.78, 5) is 5.21. The van der Waals surface area contributed by atoms with E-state index in [1.807, 2.05) is 12.1 Å². The quantitative estimate of drug-likeness (QED) is 0.926. The van der Waals surface area contributed by atoms with Crippen LogP contribution >= 0.6 is 11.6 Å². The van der Waals surface area contributed by atoms with Gasteiger partial charge in [0.15, 0.2) is 0 Å². The van der Waals surface area contributed by atoms with Crippen LogP contribution in [0.25, 0.3) is 0 Å². The van der Waals surface area contributed by atoms with E-state index in [4.69, 9.17) is 17.3 Å². The monoisotopic (exact) mass is 293 g/mol. The lowest BCUT2D eigenvalue weighted by atomic mass is 10.1. The minimum Gasteiger partial charge on any atom is -0.329 e. The fourth-order valence-corrected chi connectivity index (χ4v) is 3.76. The first-order chi connectivity index (χ1) is 9.78. The van der Waals surface area contributed by atoms with Gasteiger partial charge in [0.25, 0.3) is 0 Å². The van der Waals surface area contributed by atoms with Gasteiger partial charge in [0, 0.05) is 36.7 Å².